The Bertz CT molecular complexity index is 1620. The van der Waals surface area contributed by atoms with E-state index in [0.29, 0.717) is 55.2 Å². The second-order valence-electron chi connectivity index (χ2n) is 21.9. The summed E-state index contributed by atoms with van der Waals surface area (Å²) in [6.07, 6.45) is 8.42. The second kappa shape index (κ2) is 15.8. The molecule has 0 spiro atoms. The van der Waals surface area contributed by atoms with E-state index in [1.54, 1.807) is 5.57 Å². The monoisotopic (exact) mass is 795 g/mol. The van der Waals surface area contributed by atoms with Crippen LogP contribution in [0.3, 0.4) is 0 Å². The van der Waals surface area contributed by atoms with Crippen molar-refractivity contribution in [1.82, 2.24) is 0 Å². The average molecular weight is 795 g/mol. The summed E-state index contributed by atoms with van der Waals surface area (Å²) < 4.78 is 40.1. The van der Waals surface area contributed by atoms with Crippen molar-refractivity contribution in [3.63, 3.8) is 0 Å². The van der Waals surface area contributed by atoms with Gasteiger partial charge in [0.15, 0.2) is 0 Å². The highest BCUT2D eigenvalue weighted by Crippen LogP contribution is 2.75. The molecule has 56 heavy (non-hydrogen) atoms. The Balaban J connectivity index is 1.35. The van der Waals surface area contributed by atoms with E-state index < -0.39 is 10.8 Å². The number of benzene rings is 1. The number of allylic oxidation sites excluding steroid dienone is 1. The van der Waals surface area contributed by atoms with E-state index in [0.717, 1.165) is 44.1 Å². The van der Waals surface area contributed by atoms with E-state index >= 15 is 0 Å². The summed E-state index contributed by atoms with van der Waals surface area (Å²) in [7, 11) is 0.907. The van der Waals surface area contributed by atoms with Gasteiger partial charge >= 0.3 is 5.97 Å². The largest absolute Gasteiger partial charge is 0.461 e. The lowest BCUT2D eigenvalue weighted by Crippen LogP contribution is -2.70. The molecule has 7 heteroatoms. The van der Waals surface area contributed by atoms with Crippen LogP contribution in [-0.2, 0) is 41.1 Å². The van der Waals surface area contributed by atoms with Crippen molar-refractivity contribution < 1.29 is 28.0 Å². The molecule has 1 saturated heterocycles. The molecule has 1 heterocycles. The smallest absolute Gasteiger partial charge is 0.310 e. The Hall–Kier alpha value is -1.54. The van der Waals surface area contributed by atoms with E-state index in [9.17, 15) is 9.00 Å². The first-order valence-electron chi connectivity index (χ1n) is 22.2. The summed E-state index contributed by atoms with van der Waals surface area (Å²) in [5.74, 6) is 2.51. The number of carbonyl (C=O) groups is 1. The van der Waals surface area contributed by atoms with Gasteiger partial charge < -0.3 is 18.9 Å². The Morgan fingerprint density at radius 2 is 1.61 bits per heavy atom. The van der Waals surface area contributed by atoms with Crippen LogP contribution in [0.25, 0.3) is 0 Å². The maximum absolute atomic E-state index is 14.8. The van der Waals surface area contributed by atoms with Crippen molar-refractivity contribution in [3.05, 3.63) is 47.5 Å². The zero-order valence-corrected chi connectivity index (χ0v) is 38.5. The van der Waals surface area contributed by atoms with Crippen molar-refractivity contribution in [1.29, 1.82) is 0 Å². The van der Waals surface area contributed by atoms with Crippen LogP contribution in [0.2, 0.25) is 0 Å². The van der Waals surface area contributed by atoms with Gasteiger partial charge in [-0.05, 0) is 124 Å². The molecule has 6 nitrogen and oxygen atoms in total. The van der Waals surface area contributed by atoms with Gasteiger partial charge in [-0.3, -0.25) is 9.00 Å². The van der Waals surface area contributed by atoms with Gasteiger partial charge in [-0.15, -0.1) is 0 Å². The van der Waals surface area contributed by atoms with Gasteiger partial charge in [-0.25, -0.2) is 0 Å². The molecular weight excluding hydrogens is 717 g/mol. The molecule has 1 aromatic rings. The molecule has 1 aliphatic heterocycles. The van der Waals surface area contributed by atoms with Gasteiger partial charge in [0, 0.05) is 39.2 Å². The first-order chi connectivity index (χ1) is 26.1. The summed E-state index contributed by atoms with van der Waals surface area (Å²) >= 11 is 0. The molecule has 0 aromatic heterocycles. The minimum Gasteiger partial charge on any atom is -0.461 e. The van der Waals surface area contributed by atoms with Gasteiger partial charge in [-0.2, -0.15) is 0 Å². The Morgan fingerprint density at radius 1 is 0.929 bits per heavy atom. The summed E-state index contributed by atoms with van der Waals surface area (Å²) in [4.78, 5) is 14.8. The molecule has 3 unspecified atom stereocenters. The van der Waals surface area contributed by atoms with E-state index in [1.807, 2.05) is 25.3 Å². The summed E-state index contributed by atoms with van der Waals surface area (Å²) in [5.41, 5.74) is 1.73. The zero-order valence-electron chi connectivity index (χ0n) is 37.7. The second-order valence-corrected chi connectivity index (χ2v) is 24.1. The molecule has 3 saturated carbocycles. The van der Waals surface area contributed by atoms with Gasteiger partial charge in [0.05, 0.1) is 37.4 Å². The van der Waals surface area contributed by atoms with Gasteiger partial charge in [0.2, 0.25) is 0 Å². The first kappa shape index (κ1) is 44.0. The molecule has 6 rings (SSSR count). The molecule has 0 radical (unpaired) electrons. The molecule has 5 aliphatic rings. The Morgan fingerprint density at radius 3 is 2.21 bits per heavy atom. The van der Waals surface area contributed by atoms with E-state index in [4.69, 9.17) is 18.9 Å². The number of ether oxygens (including phenoxy) is 4. The van der Waals surface area contributed by atoms with Crippen molar-refractivity contribution in [2.24, 2.45) is 68.5 Å². The van der Waals surface area contributed by atoms with Crippen LogP contribution in [0, 0.1) is 68.5 Å². The normalized spacial score (nSPS) is 40.4. The zero-order chi connectivity index (χ0) is 41.2. The molecule has 1 aromatic carbocycles. The van der Waals surface area contributed by atoms with E-state index in [2.05, 4.69) is 108 Å². The lowest BCUT2D eigenvalue weighted by molar-refractivity contribution is -0.277. The van der Waals surface area contributed by atoms with E-state index in [1.165, 1.54) is 0 Å². The molecule has 0 amide bonds. The highest BCUT2D eigenvalue weighted by molar-refractivity contribution is 7.86. The van der Waals surface area contributed by atoms with Crippen LogP contribution in [0.4, 0.5) is 0 Å². The van der Waals surface area contributed by atoms with Crippen molar-refractivity contribution in [2.75, 3.05) is 26.1 Å². The fourth-order valence-electron chi connectivity index (χ4n) is 13.4. The van der Waals surface area contributed by atoms with Gasteiger partial charge in [0.25, 0.3) is 0 Å². The van der Waals surface area contributed by atoms with Gasteiger partial charge in [0.1, 0.15) is 6.61 Å². The van der Waals surface area contributed by atoms with Crippen LogP contribution in [-0.4, -0.2) is 59.3 Å². The fourth-order valence-corrected chi connectivity index (χ4v) is 14.9. The fraction of sp³-hybridized carbons (Fsp3) is 0.816. The molecule has 4 aliphatic carbocycles. The quantitative estimate of drug-likeness (QED) is 0.155. The first-order valence-corrected chi connectivity index (χ1v) is 23.5. The number of carbonyl (C=O) groups excluding carboxylic acids is 1. The third kappa shape index (κ3) is 7.14. The van der Waals surface area contributed by atoms with Crippen molar-refractivity contribution >= 4 is 16.8 Å². The average Bonchev–Trinajstić information content (AvgIpc) is 3.13. The van der Waals surface area contributed by atoms with Crippen LogP contribution < -0.4 is 0 Å². The maximum Gasteiger partial charge on any atom is 0.310 e. The third-order valence-corrected chi connectivity index (χ3v) is 19.5. The predicted octanol–water partition coefficient (Wildman–Crippen LogP) is 10.8. The third-order valence-electron chi connectivity index (χ3n) is 17.4. The Kier molecular flexibility index (Phi) is 12.4. The number of hydrogen-bond donors (Lipinski definition) is 0. The standard InChI is InChI=1S/C49H78O6S/c1-31(2)33(5)45(10)24-25-47(12)37-20-21-40-46(11)29-53-30-49(40,26-39(52-14)42(46)55-34(6)36(32(3)4)28-56(51)44(7,8)9)38(37)22-23-48(47,13)41(45)43(50)54-27-35-18-16-15-17-19-35/h15-19,22,31-34,36-37,39-42H,20-21,23-30H2,1-14H3/t33-,34?,36?,37+,39-,40+,41-,42+,45-,46+,47-,48+,49+,56?/m1/s1. The highest BCUT2D eigenvalue weighted by atomic mass is 32.2. The summed E-state index contributed by atoms with van der Waals surface area (Å²) in [6.45, 7) is 31.4. The Labute approximate surface area is 343 Å². The molecular formula is C49H78O6S. The number of rotatable bonds is 12. The summed E-state index contributed by atoms with van der Waals surface area (Å²) in [6, 6.07) is 10.1. The van der Waals surface area contributed by atoms with E-state index in [-0.39, 0.29) is 67.9 Å². The van der Waals surface area contributed by atoms with Crippen LogP contribution in [0.5, 0.6) is 0 Å². The SMILES string of the molecule is CO[C@@H]1C[C@@]23COC[C@@](C)([C@@H]2CC[C@H]2C3=CC[C@@]3(C)[C@H](C(=O)OCc4ccccc4)[C@@](C)([C@H](C)C(C)C)CC[C@]23C)[C@H]1OC(C)C(CS(=O)C(C)(C)C)C(C)C. The summed E-state index contributed by atoms with van der Waals surface area (Å²) in [5, 5.41) is 0. The topological polar surface area (TPSA) is 71.1 Å². The molecule has 4 fully saturated rings. The van der Waals surface area contributed by atoms with Gasteiger partial charge in [-0.1, -0.05) is 104 Å². The number of methoxy groups -OCH3 is 1. The lowest BCUT2D eigenvalue weighted by atomic mass is 9.34. The predicted molar refractivity (Wildman–Crippen MR) is 228 cm³/mol. The van der Waals surface area contributed by atoms with Crippen LogP contribution >= 0.6 is 0 Å². The number of hydrogen-bond acceptors (Lipinski definition) is 6. The molecule has 14 atom stereocenters. The van der Waals surface area contributed by atoms with Crippen LogP contribution in [0.1, 0.15) is 134 Å². The van der Waals surface area contributed by atoms with Crippen molar-refractivity contribution in [3.8, 4) is 0 Å². The number of esters is 1. The minimum absolute atomic E-state index is 0.0215. The minimum atomic E-state index is -0.963. The molecule has 2 bridgehead atoms. The van der Waals surface area contributed by atoms with Crippen molar-refractivity contribution in [2.45, 2.75) is 158 Å². The lowest BCUT2D eigenvalue weighted by Gasteiger charge is -2.71. The highest BCUT2D eigenvalue weighted by Gasteiger charge is 2.72. The number of fused-ring (bicyclic) bond motifs is 3. The molecule has 0 N–H and O–H groups in total. The van der Waals surface area contributed by atoms with Crippen LogP contribution in [0.15, 0.2) is 42.0 Å². The molecule has 316 valence electrons. The maximum atomic E-state index is 14.8.